The number of rotatable bonds is 7. The van der Waals surface area contributed by atoms with E-state index >= 15 is 0 Å². The molecule has 1 heterocycles. The summed E-state index contributed by atoms with van der Waals surface area (Å²) in [5.41, 5.74) is 0.819. The molecule has 1 N–H and O–H groups in total. The monoisotopic (exact) mass is 337 g/mol. The lowest BCUT2D eigenvalue weighted by atomic mass is 10.2. The van der Waals surface area contributed by atoms with Crippen molar-refractivity contribution in [1.29, 1.82) is 0 Å². The summed E-state index contributed by atoms with van der Waals surface area (Å²) in [5, 5.41) is 2.78. The third kappa shape index (κ3) is 4.66. The molecule has 0 aliphatic heterocycles. The van der Waals surface area contributed by atoms with E-state index in [2.05, 4.69) is 5.32 Å². The van der Waals surface area contributed by atoms with E-state index < -0.39 is 0 Å². The minimum atomic E-state index is -0.283. The van der Waals surface area contributed by atoms with E-state index in [0.29, 0.717) is 23.9 Å². The largest absolute Gasteiger partial charge is 0.497 e. The Labute approximate surface area is 140 Å². The van der Waals surface area contributed by atoms with Crippen molar-refractivity contribution in [3.63, 3.8) is 0 Å². The predicted octanol–water partition coefficient (Wildman–Crippen LogP) is 3.53. The lowest BCUT2D eigenvalue weighted by molar-refractivity contribution is 0.0903. The van der Waals surface area contributed by atoms with E-state index in [1.165, 1.54) is 0 Å². The highest BCUT2D eigenvalue weighted by Gasteiger charge is 2.15. The van der Waals surface area contributed by atoms with Crippen molar-refractivity contribution < 1.29 is 18.7 Å². The second kappa shape index (κ2) is 7.92. The van der Waals surface area contributed by atoms with Crippen LogP contribution in [0.1, 0.15) is 28.8 Å². The van der Waals surface area contributed by atoms with Gasteiger partial charge in [0.05, 0.1) is 19.5 Å². The van der Waals surface area contributed by atoms with Crippen molar-refractivity contribution in [3.05, 3.63) is 47.4 Å². The van der Waals surface area contributed by atoms with Crippen molar-refractivity contribution in [3.8, 4) is 11.5 Å². The summed E-state index contributed by atoms with van der Waals surface area (Å²) in [6.45, 7) is 4.02. The number of hydrogen-bond donors (Lipinski definition) is 1. The molecular formula is C17H20ClNO4. The fraction of sp³-hybridized carbons (Fsp3) is 0.353. The van der Waals surface area contributed by atoms with Crippen LogP contribution in [0.15, 0.2) is 34.7 Å². The van der Waals surface area contributed by atoms with Gasteiger partial charge in [0.2, 0.25) is 0 Å². The topological polar surface area (TPSA) is 60.7 Å². The summed E-state index contributed by atoms with van der Waals surface area (Å²) in [6.07, 6.45) is -0.184. The Morgan fingerprint density at radius 2 is 1.96 bits per heavy atom. The van der Waals surface area contributed by atoms with Crippen LogP contribution >= 0.6 is 11.6 Å². The predicted molar refractivity (Wildman–Crippen MR) is 88.4 cm³/mol. The normalized spacial score (nSPS) is 11.8. The van der Waals surface area contributed by atoms with Crippen LogP contribution in [0.2, 0.25) is 0 Å². The Balaban J connectivity index is 1.85. The summed E-state index contributed by atoms with van der Waals surface area (Å²) in [5.74, 6) is 2.43. The number of amides is 1. The van der Waals surface area contributed by atoms with Crippen LogP contribution in [0.5, 0.6) is 11.5 Å². The lowest BCUT2D eigenvalue weighted by Gasteiger charge is -2.15. The summed E-state index contributed by atoms with van der Waals surface area (Å²) in [4.78, 5) is 12.0. The third-order valence-electron chi connectivity index (χ3n) is 3.34. The van der Waals surface area contributed by atoms with Gasteiger partial charge in [-0.15, -0.1) is 11.6 Å². The summed E-state index contributed by atoms with van der Waals surface area (Å²) < 4.78 is 16.2. The third-order valence-corrected chi connectivity index (χ3v) is 3.62. The Bertz CT molecular complexity index is 651. The van der Waals surface area contributed by atoms with E-state index in [0.717, 1.165) is 11.3 Å². The van der Waals surface area contributed by atoms with Gasteiger partial charge in [-0.05, 0) is 44.2 Å². The molecule has 0 radical (unpaired) electrons. The number of aryl methyl sites for hydroxylation is 1. The lowest BCUT2D eigenvalue weighted by Crippen LogP contribution is -2.33. The number of alkyl halides is 1. The van der Waals surface area contributed by atoms with Crippen molar-refractivity contribution >= 4 is 17.5 Å². The molecule has 1 atom stereocenters. The van der Waals surface area contributed by atoms with Gasteiger partial charge in [-0.25, -0.2) is 0 Å². The number of carbonyl (C=O) groups is 1. The van der Waals surface area contributed by atoms with Gasteiger partial charge in [0.15, 0.2) is 5.76 Å². The highest BCUT2D eigenvalue weighted by atomic mass is 35.5. The van der Waals surface area contributed by atoms with Gasteiger partial charge >= 0.3 is 0 Å². The standard InChI is InChI=1S/C17H20ClNO4/c1-11(22-15-6-4-14(21-3)5-7-15)10-19-17(20)16-8-13(9-18)12(2)23-16/h4-8,11H,9-10H2,1-3H3,(H,19,20). The van der Waals surface area contributed by atoms with Crippen molar-refractivity contribution in [2.75, 3.05) is 13.7 Å². The number of halogens is 1. The fourth-order valence-corrected chi connectivity index (χ4v) is 2.28. The van der Waals surface area contributed by atoms with E-state index in [4.69, 9.17) is 25.5 Å². The number of benzene rings is 1. The molecule has 2 aromatic rings. The van der Waals surface area contributed by atoms with Crippen LogP contribution in [-0.4, -0.2) is 25.7 Å². The number of furan rings is 1. The maximum absolute atomic E-state index is 12.0. The highest BCUT2D eigenvalue weighted by molar-refractivity contribution is 6.17. The molecule has 5 nitrogen and oxygen atoms in total. The molecule has 0 bridgehead atoms. The minimum Gasteiger partial charge on any atom is -0.497 e. The summed E-state index contributed by atoms with van der Waals surface area (Å²) >= 11 is 5.77. The van der Waals surface area contributed by atoms with E-state index in [-0.39, 0.29) is 17.8 Å². The zero-order chi connectivity index (χ0) is 16.8. The Morgan fingerprint density at radius 1 is 1.30 bits per heavy atom. The number of nitrogens with one attached hydrogen (secondary N) is 1. The van der Waals surface area contributed by atoms with Crippen molar-refractivity contribution in [1.82, 2.24) is 5.32 Å². The average Bonchev–Trinajstić information content (AvgIpc) is 2.94. The smallest absolute Gasteiger partial charge is 0.287 e. The molecule has 0 fully saturated rings. The van der Waals surface area contributed by atoms with Gasteiger partial charge in [-0.3, -0.25) is 4.79 Å². The molecule has 2 rings (SSSR count). The second-order valence-electron chi connectivity index (χ2n) is 5.14. The molecule has 6 heteroatoms. The number of hydrogen-bond acceptors (Lipinski definition) is 4. The molecule has 1 aromatic carbocycles. The van der Waals surface area contributed by atoms with E-state index in [9.17, 15) is 4.79 Å². The number of methoxy groups -OCH3 is 1. The highest BCUT2D eigenvalue weighted by Crippen LogP contribution is 2.18. The first-order valence-corrected chi connectivity index (χ1v) is 7.81. The first-order chi connectivity index (χ1) is 11.0. The average molecular weight is 338 g/mol. The van der Waals surface area contributed by atoms with Crippen LogP contribution in [-0.2, 0) is 5.88 Å². The van der Waals surface area contributed by atoms with Crippen molar-refractivity contribution in [2.24, 2.45) is 0 Å². The molecule has 1 unspecified atom stereocenters. The zero-order valence-electron chi connectivity index (χ0n) is 13.4. The molecule has 0 saturated carbocycles. The van der Waals surface area contributed by atoms with E-state index in [1.54, 1.807) is 20.1 Å². The Kier molecular flexibility index (Phi) is 5.93. The first kappa shape index (κ1) is 17.2. The Hall–Kier alpha value is -2.14. The second-order valence-corrected chi connectivity index (χ2v) is 5.41. The number of ether oxygens (including phenoxy) is 2. The first-order valence-electron chi connectivity index (χ1n) is 7.27. The van der Waals surface area contributed by atoms with Gasteiger partial charge in [-0.2, -0.15) is 0 Å². The summed E-state index contributed by atoms with van der Waals surface area (Å²) in [6, 6.07) is 8.94. The molecule has 0 saturated heterocycles. The van der Waals surface area contributed by atoms with E-state index in [1.807, 2.05) is 31.2 Å². The van der Waals surface area contributed by atoms with Crippen LogP contribution in [0.4, 0.5) is 0 Å². The van der Waals surface area contributed by atoms with Gasteiger partial charge in [-0.1, -0.05) is 0 Å². The molecule has 1 aromatic heterocycles. The zero-order valence-corrected chi connectivity index (χ0v) is 14.1. The van der Waals surface area contributed by atoms with Crippen LogP contribution in [0, 0.1) is 6.92 Å². The molecular weight excluding hydrogens is 318 g/mol. The quantitative estimate of drug-likeness (QED) is 0.785. The van der Waals surface area contributed by atoms with Crippen LogP contribution < -0.4 is 14.8 Å². The minimum absolute atomic E-state index is 0.184. The van der Waals surface area contributed by atoms with Gasteiger partial charge in [0.1, 0.15) is 23.4 Å². The molecule has 0 aliphatic rings. The van der Waals surface area contributed by atoms with Gasteiger partial charge in [0.25, 0.3) is 5.91 Å². The summed E-state index contributed by atoms with van der Waals surface area (Å²) in [7, 11) is 1.61. The SMILES string of the molecule is COc1ccc(OC(C)CNC(=O)c2cc(CCl)c(C)o2)cc1. The maximum atomic E-state index is 12.0. The molecule has 0 spiro atoms. The van der Waals surface area contributed by atoms with Crippen LogP contribution in [0.25, 0.3) is 0 Å². The molecule has 23 heavy (non-hydrogen) atoms. The molecule has 0 aliphatic carbocycles. The van der Waals surface area contributed by atoms with Crippen LogP contribution in [0.3, 0.4) is 0 Å². The fourth-order valence-electron chi connectivity index (χ4n) is 2.02. The maximum Gasteiger partial charge on any atom is 0.287 e. The van der Waals surface area contributed by atoms with Gasteiger partial charge < -0.3 is 19.2 Å². The molecule has 124 valence electrons. The molecule has 1 amide bonds. The van der Waals surface area contributed by atoms with Crippen molar-refractivity contribution in [2.45, 2.75) is 25.8 Å². The Morgan fingerprint density at radius 3 is 2.52 bits per heavy atom. The number of carbonyl (C=O) groups excluding carboxylic acids is 1. The van der Waals surface area contributed by atoms with Gasteiger partial charge in [0, 0.05) is 5.56 Å².